The quantitative estimate of drug-likeness (QED) is 0.580. The van der Waals surface area contributed by atoms with E-state index in [0.717, 1.165) is 10.2 Å². The summed E-state index contributed by atoms with van der Waals surface area (Å²) < 4.78 is 6.59. The van der Waals surface area contributed by atoms with Crippen LogP contribution in [0.4, 0.5) is 0 Å². The summed E-state index contributed by atoms with van der Waals surface area (Å²) in [6.45, 7) is 2.37. The molecule has 2 rings (SSSR count). The van der Waals surface area contributed by atoms with Crippen LogP contribution in [0, 0.1) is 0 Å². The molecule has 0 aliphatic carbocycles. The fourth-order valence-corrected chi connectivity index (χ4v) is 2.83. The lowest BCUT2D eigenvalue weighted by atomic mass is 10.3. The van der Waals surface area contributed by atoms with Crippen LogP contribution in [0.1, 0.15) is 6.92 Å². The zero-order valence-corrected chi connectivity index (χ0v) is 14.7. The molecular formula is C17H18BrNO2S. The van der Waals surface area contributed by atoms with Gasteiger partial charge in [0.15, 0.2) is 6.10 Å². The summed E-state index contributed by atoms with van der Waals surface area (Å²) in [5, 5.41) is 2.89. The molecule has 2 aromatic carbocycles. The monoisotopic (exact) mass is 379 g/mol. The second kappa shape index (κ2) is 8.86. The molecule has 22 heavy (non-hydrogen) atoms. The van der Waals surface area contributed by atoms with E-state index in [1.807, 2.05) is 42.5 Å². The summed E-state index contributed by atoms with van der Waals surface area (Å²) >= 11 is 5.08. The molecule has 2 aromatic rings. The summed E-state index contributed by atoms with van der Waals surface area (Å²) in [4.78, 5) is 13.2. The Morgan fingerprint density at radius 3 is 2.55 bits per heavy atom. The predicted molar refractivity (Wildman–Crippen MR) is 94.4 cm³/mol. The van der Waals surface area contributed by atoms with Crippen LogP contribution >= 0.6 is 27.7 Å². The third-order valence-electron chi connectivity index (χ3n) is 2.91. The van der Waals surface area contributed by atoms with Crippen molar-refractivity contribution in [3.05, 3.63) is 59.1 Å². The van der Waals surface area contributed by atoms with Crippen LogP contribution in [-0.2, 0) is 4.79 Å². The van der Waals surface area contributed by atoms with E-state index in [4.69, 9.17) is 4.74 Å². The highest BCUT2D eigenvalue weighted by atomic mass is 79.9. The minimum Gasteiger partial charge on any atom is -0.481 e. The minimum atomic E-state index is -0.511. The molecule has 0 aliphatic heterocycles. The highest BCUT2D eigenvalue weighted by Crippen LogP contribution is 2.18. The minimum absolute atomic E-state index is 0.100. The first-order chi connectivity index (χ1) is 10.6. The maximum Gasteiger partial charge on any atom is 0.260 e. The molecule has 1 amide bonds. The summed E-state index contributed by atoms with van der Waals surface area (Å²) in [6.07, 6.45) is -0.511. The maximum absolute atomic E-state index is 12.0. The van der Waals surface area contributed by atoms with Crippen LogP contribution in [-0.4, -0.2) is 24.3 Å². The zero-order valence-electron chi connectivity index (χ0n) is 12.3. The Balaban J connectivity index is 1.69. The molecule has 0 aromatic heterocycles. The van der Waals surface area contributed by atoms with Gasteiger partial charge in [-0.3, -0.25) is 4.79 Å². The van der Waals surface area contributed by atoms with Crippen LogP contribution in [0.2, 0.25) is 0 Å². The molecule has 116 valence electrons. The van der Waals surface area contributed by atoms with E-state index in [9.17, 15) is 4.79 Å². The number of thioether (sulfide) groups is 1. The number of benzene rings is 2. The fraction of sp³-hybridized carbons (Fsp3) is 0.235. The number of amides is 1. The first-order valence-corrected chi connectivity index (χ1v) is 8.81. The van der Waals surface area contributed by atoms with Gasteiger partial charge in [-0.05, 0) is 43.3 Å². The second-order valence-corrected chi connectivity index (χ2v) is 6.75. The van der Waals surface area contributed by atoms with Gasteiger partial charge < -0.3 is 10.1 Å². The van der Waals surface area contributed by atoms with Crippen molar-refractivity contribution in [3.63, 3.8) is 0 Å². The average Bonchev–Trinajstić information content (AvgIpc) is 2.54. The van der Waals surface area contributed by atoms with Crippen molar-refractivity contribution >= 4 is 33.6 Å². The van der Waals surface area contributed by atoms with Gasteiger partial charge in [-0.15, -0.1) is 11.8 Å². The lowest BCUT2D eigenvalue weighted by molar-refractivity contribution is -0.127. The Kier molecular flexibility index (Phi) is 6.80. The normalized spacial score (nSPS) is 11.7. The van der Waals surface area contributed by atoms with E-state index >= 15 is 0 Å². The van der Waals surface area contributed by atoms with Crippen LogP contribution < -0.4 is 10.1 Å². The van der Waals surface area contributed by atoms with Gasteiger partial charge in [-0.25, -0.2) is 0 Å². The van der Waals surface area contributed by atoms with Gasteiger partial charge in [0.1, 0.15) is 5.75 Å². The molecule has 0 heterocycles. The number of nitrogens with one attached hydrogen (secondary N) is 1. The average molecular weight is 380 g/mol. The third-order valence-corrected chi connectivity index (χ3v) is 4.45. The van der Waals surface area contributed by atoms with Gasteiger partial charge in [0.05, 0.1) is 0 Å². The molecule has 0 fully saturated rings. The first kappa shape index (κ1) is 16.9. The molecule has 3 nitrogen and oxygen atoms in total. The lowest BCUT2D eigenvalue weighted by Gasteiger charge is -2.14. The summed E-state index contributed by atoms with van der Waals surface area (Å²) in [7, 11) is 0. The molecule has 0 bridgehead atoms. The fourth-order valence-electron chi connectivity index (χ4n) is 1.77. The number of rotatable bonds is 7. The number of ether oxygens (including phenoxy) is 1. The van der Waals surface area contributed by atoms with Crippen molar-refractivity contribution in [2.75, 3.05) is 12.3 Å². The molecule has 0 unspecified atom stereocenters. The number of halogens is 1. The Bertz CT molecular complexity index is 589. The van der Waals surface area contributed by atoms with E-state index in [0.29, 0.717) is 12.3 Å². The van der Waals surface area contributed by atoms with Crippen molar-refractivity contribution in [1.82, 2.24) is 5.32 Å². The van der Waals surface area contributed by atoms with Gasteiger partial charge >= 0.3 is 0 Å². The SMILES string of the molecule is C[C@@H](Oc1ccc(Br)cc1)C(=O)NCCSc1ccccc1. The molecule has 0 spiro atoms. The molecule has 0 radical (unpaired) electrons. The van der Waals surface area contributed by atoms with Crippen LogP contribution in [0.3, 0.4) is 0 Å². The van der Waals surface area contributed by atoms with Gasteiger partial charge in [-0.1, -0.05) is 34.1 Å². The van der Waals surface area contributed by atoms with Crippen molar-refractivity contribution in [2.24, 2.45) is 0 Å². The highest BCUT2D eigenvalue weighted by Gasteiger charge is 2.13. The topological polar surface area (TPSA) is 38.3 Å². The molecule has 0 saturated carbocycles. The van der Waals surface area contributed by atoms with Crippen molar-refractivity contribution in [3.8, 4) is 5.75 Å². The van der Waals surface area contributed by atoms with E-state index in [2.05, 4.69) is 33.4 Å². The van der Waals surface area contributed by atoms with Crippen LogP contribution in [0.25, 0.3) is 0 Å². The molecule has 1 N–H and O–H groups in total. The molecule has 1 atom stereocenters. The smallest absolute Gasteiger partial charge is 0.260 e. The largest absolute Gasteiger partial charge is 0.481 e. The number of carbonyl (C=O) groups excluding carboxylic acids is 1. The Morgan fingerprint density at radius 1 is 1.18 bits per heavy atom. The van der Waals surface area contributed by atoms with Crippen molar-refractivity contribution < 1.29 is 9.53 Å². The van der Waals surface area contributed by atoms with E-state index in [1.54, 1.807) is 18.7 Å². The summed E-state index contributed by atoms with van der Waals surface area (Å²) in [5.74, 6) is 1.42. The Morgan fingerprint density at radius 2 is 1.86 bits per heavy atom. The van der Waals surface area contributed by atoms with Gasteiger partial charge in [-0.2, -0.15) is 0 Å². The standard InChI is InChI=1S/C17H18BrNO2S/c1-13(21-15-9-7-14(18)8-10-15)17(20)19-11-12-22-16-5-3-2-4-6-16/h2-10,13H,11-12H2,1H3,(H,19,20)/t13-/m1/s1. The van der Waals surface area contributed by atoms with E-state index < -0.39 is 6.10 Å². The highest BCUT2D eigenvalue weighted by molar-refractivity contribution is 9.10. The number of hydrogen-bond acceptors (Lipinski definition) is 3. The van der Waals surface area contributed by atoms with Crippen molar-refractivity contribution in [1.29, 1.82) is 0 Å². The predicted octanol–water partition coefficient (Wildman–Crippen LogP) is 4.12. The van der Waals surface area contributed by atoms with Crippen LogP contribution in [0.15, 0.2) is 64.0 Å². The molecular weight excluding hydrogens is 362 g/mol. The summed E-state index contributed by atoms with van der Waals surface area (Å²) in [5.41, 5.74) is 0. The third kappa shape index (κ3) is 5.73. The van der Waals surface area contributed by atoms with Crippen LogP contribution in [0.5, 0.6) is 5.75 Å². The number of carbonyl (C=O) groups is 1. The Hall–Kier alpha value is -1.46. The van der Waals surface area contributed by atoms with Gasteiger partial charge in [0.2, 0.25) is 0 Å². The summed E-state index contributed by atoms with van der Waals surface area (Å²) in [6, 6.07) is 17.6. The first-order valence-electron chi connectivity index (χ1n) is 7.03. The molecule has 0 saturated heterocycles. The van der Waals surface area contributed by atoms with Gasteiger partial charge in [0.25, 0.3) is 5.91 Å². The zero-order chi connectivity index (χ0) is 15.8. The number of hydrogen-bond donors (Lipinski definition) is 1. The maximum atomic E-state index is 12.0. The Labute approximate surface area is 143 Å². The van der Waals surface area contributed by atoms with E-state index in [1.165, 1.54) is 4.90 Å². The molecule has 0 aliphatic rings. The molecule has 5 heteroatoms. The second-order valence-electron chi connectivity index (χ2n) is 4.67. The van der Waals surface area contributed by atoms with Crippen molar-refractivity contribution in [2.45, 2.75) is 17.9 Å². The lowest BCUT2D eigenvalue weighted by Crippen LogP contribution is -2.37. The van der Waals surface area contributed by atoms with E-state index in [-0.39, 0.29) is 5.91 Å². The van der Waals surface area contributed by atoms with Gasteiger partial charge in [0, 0.05) is 21.7 Å².